The van der Waals surface area contributed by atoms with Crippen molar-refractivity contribution < 1.29 is 28.6 Å². The number of benzene rings is 2. The Balaban J connectivity index is 1.77. The topological polar surface area (TPSA) is 82.1 Å². The van der Waals surface area contributed by atoms with E-state index < -0.39 is 30.3 Å². The van der Waals surface area contributed by atoms with Crippen molar-refractivity contribution in [2.45, 2.75) is 32.6 Å². The molecule has 2 aromatic carbocycles. The van der Waals surface area contributed by atoms with Crippen LogP contribution >= 0.6 is 0 Å². The van der Waals surface area contributed by atoms with Crippen LogP contribution in [0.4, 0.5) is 9.59 Å². The van der Waals surface area contributed by atoms with Crippen LogP contribution < -0.4 is 0 Å². The van der Waals surface area contributed by atoms with E-state index in [0.29, 0.717) is 5.56 Å². The summed E-state index contributed by atoms with van der Waals surface area (Å²) in [5, 5.41) is 0. The molecule has 0 bridgehead atoms. The minimum Gasteiger partial charge on any atom is -0.447 e. The number of imide groups is 1. The molecule has 2 atom stereocenters. The molecule has 0 radical (unpaired) electrons. The molecular weight excluding hydrogens is 374 g/mol. The molecule has 1 aliphatic heterocycles. The number of carbonyl (C=O) groups excluding carboxylic acids is 3. The molecule has 0 spiro atoms. The SMILES string of the molecule is CC(C)[C@@H]1COC(=O)N1C(=O)[C@@H](OC(=O)OCc1ccccc1)c1ccccc1. The van der Waals surface area contributed by atoms with Gasteiger partial charge in [0, 0.05) is 5.56 Å². The Hall–Kier alpha value is -3.35. The predicted molar refractivity (Wildman–Crippen MR) is 104 cm³/mol. The summed E-state index contributed by atoms with van der Waals surface area (Å²) in [7, 11) is 0. The van der Waals surface area contributed by atoms with E-state index in [2.05, 4.69) is 0 Å². The van der Waals surface area contributed by atoms with Gasteiger partial charge in [-0.3, -0.25) is 4.79 Å². The van der Waals surface area contributed by atoms with Gasteiger partial charge in [-0.15, -0.1) is 0 Å². The molecule has 29 heavy (non-hydrogen) atoms. The highest BCUT2D eigenvalue weighted by Gasteiger charge is 2.44. The van der Waals surface area contributed by atoms with E-state index in [0.717, 1.165) is 10.5 Å². The van der Waals surface area contributed by atoms with Gasteiger partial charge in [0.1, 0.15) is 13.2 Å². The van der Waals surface area contributed by atoms with E-state index >= 15 is 0 Å². The largest absolute Gasteiger partial charge is 0.509 e. The van der Waals surface area contributed by atoms with Crippen molar-refractivity contribution in [2.24, 2.45) is 5.92 Å². The van der Waals surface area contributed by atoms with E-state index in [-0.39, 0.29) is 19.1 Å². The number of carbonyl (C=O) groups is 3. The van der Waals surface area contributed by atoms with Crippen LogP contribution in [0.1, 0.15) is 31.1 Å². The van der Waals surface area contributed by atoms with Crippen LogP contribution in [-0.4, -0.2) is 35.7 Å². The average molecular weight is 397 g/mol. The van der Waals surface area contributed by atoms with Crippen molar-refractivity contribution in [1.82, 2.24) is 4.90 Å². The monoisotopic (exact) mass is 397 g/mol. The van der Waals surface area contributed by atoms with Gasteiger partial charge in [-0.2, -0.15) is 0 Å². The third kappa shape index (κ3) is 4.93. The lowest BCUT2D eigenvalue weighted by atomic mass is 10.0. The van der Waals surface area contributed by atoms with Crippen molar-refractivity contribution >= 4 is 18.2 Å². The second-order valence-corrected chi connectivity index (χ2v) is 7.03. The van der Waals surface area contributed by atoms with Gasteiger partial charge in [-0.05, 0) is 11.5 Å². The lowest BCUT2D eigenvalue weighted by Crippen LogP contribution is -2.45. The van der Waals surface area contributed by atoms with Crippen LogP contribution in [0.15, 0.2) is 60.7 Å². The first-order chi connectivity index (χ1) is 14.0. The van der Waals surface area contributed by atoms with E-state index in [1.807, 2.05) is 32.0 Å². The molecule has 7 heteroatoms. The number of rotatable bonds is 6. The second kappa shape index (κ2) is 9.23. The maximum Gasteiger partial charge on any atom is 0.509 e. The van der Waals surface area contributed by atoms with Crippen LogP contribution in [0.2, 0.25) is 0 Å². The smallest absolute Gasteiger partial charge is 0.447 e. The third-order valence-corrected chi connectivity index (χ3v) is 4.65. The zero-order valence-electron chi connectivity index (χ0n) is 16.3. The molecule has 1 fully saturated rings. The minimum atomic E-state index is -1.31. The molecular formula is C22H23NO6. The van der Waals surface area contributed by atoms with Crippen molar-refractivity contribution in [1.29, 1.82) is 0 Å². The molecule has 1 heterocycles. The number of hydrogen-bond acceptors (Lipinski definition) is 6. The summed E-state index contributed by atoms with van der Waals surface area (Å²) in [5.74, 6) is -0.666. The number of hydrogen-bond donors (Lipinski definition) is 0. The highest BCUT2D eigenvalue weighted by atomic mass is 16.7. The minimum absolute atomic E-state index is 0.00754. The molecule has 2 amide bonds. The van der Waals surface area contributed by atoms with Crippen LogP contribution in [0.5, 0.6) is 0 Å². The van der Waals surface area contributed by atoms with Crippen molar-refractivity contribution in [3.8, 4) is 0 Å². The molecule has 152 valence electrons. The summed E-state index contributed by atoms with van der Waals surface area (Å²) in [4.78, 5) is 38.7. The van der Waals surface area contributed by atoms with Gasteiger partial charge in [0.25, 0.3) is 5.91 Å². The quantitative estimate of drug-likeness (QED) is 0.683. The summed E-state index contributed by atoms with van der Waals surface area (Å²) in [6.07, 6.45) is -3.05. The Morgan fingerprint density at radius 2 is 1.69 bits per heavy atom. The standard InChI is InChI=1S/C22H23NO6/c1-15(2)18-14-27-21(25)23(18)20(24)19(17-11-7-4-8-12-17)29-22(26)28-13-16-9-5-3-6-10-16/h3-12,15,18-19H,13-14H2,1-2H3/t18-,19-/m0/s1. The first kappa shape index (κ1) is 20.4. The fourth-order valence-electron chi connectivity index (χ4n) is 3.04. The van der Waals surface area contributed by atoms with E-state index in [4.69, 9.17) is 14.2 Å². The second-order valence-electron chi connectivity index (χ2n) is 7.03. The Kier molecular flexibility index (Phi) is 6.49. The summed E-state index contributed by atoms with van der Waals surface area (Å²) in [6.45, 7) is 3.90. The molecule has 2 aromatic rings. The first-order valence-corrected chi connectivity index (χ1v) is 9.39. The molecule has 0 N–H and O–H groups in total. The van der Waals surface area contributed by atoms with E-state index in [9.17, 15) is 14.4 Å². The fraction of sp³-hybridized carbons (Fsp3) is 0.318. The van der Waals surface area contributed by atoms with Gasteiger partial charge in [-0.25, -0.2) is 14.5 Å². The predicted octanol–water partition coefficient (Wildman–Crippen LogP) is 4.08. The number of amides is 2. The molecule has 0 saturated carbocycles. The van der Waals surface area contributed by atoms with Crippen LogP contribution in [0, 0.1) is 5.92 Å². The number of ether oxygens (including phenoxy) is 3. The first-order valence-electron chi connectivity index (χ1n) is 9.39. The van der Waals surface area contributed by atoms with Crippen LogP contribution in [-0.2, 0) is 25.6 Å². The Labute approximate surface area is 169 Å². The maximum absolute atomic E-state index is 13.2. The summed E-state index contributed by atoms with van der Waals surface area (Å²) in [6, 6.07) is 17.2. The zero-order chi connectivity index (χ0) is 20.8. The number of cyclic esters (lactones) is 1. The average Bonchev–Trinajstić information content (AvgIpc) is 3.13. The molecule has 1 saturated heterocycles. The summed E-state index contributed by atoms with van der Waals surface area (Å²) >= 11 is 0. The highest BCUT2D eigenvalue weighted by Crippen LogP contribution is 2.27. The molecule has 7 nitrogen and oxygen atoms in total. The van der Waals surface area contributed by atoms with Gasteiger partial charge in [-0.1, -0.05) is 74.5 Å². The highest BCUT2D eigenvalue weighted by molar-refractivity contribution is 5.97. The molecule has 0 unspecified atom stereocenters. The maximum atomic E-state index is 13.2. The Bertz CT molecular complexity index is 852. The third-order valence-electron chi connectivity index (χ3n) is 4.65. The van der Waals surface area contributed by atoms with Crippen LogP contribution in [0.3, 0.4) is 0 Å². The van der Waals surface area contributed by atoms with Gasteiger partial charge >= 0.3 is 12.2 Å². The van der Waals surface area contributed by atoms with Crippen LogP contribution in [0.25, 0.3) is 0 Å². The van der Waals surface area contributed by atoms with E-state index in [1.165, 1.54) is 0 Å². The molecule has 1 aliphatic rings. The lowest BCUT2D eigenvalue weighted by Gasteiger charge is -2.26. The van der Waals surface area contributed by atoms with Gasteiger partial charge in [0.05, 0.1) is 6.04 Å². The van der Waals surface area contributed by atoms with Gasteiger partial charge < -0.3 is 14.2 Å². The van der Waals surface area contributed by atoms with Gasteiger partial charge in [0.15, 0.2) is 0 Å². The summed E-state index contributed by atoms with van der Waals surface area (Å²) in [5.41, 5.74) is 1.23. The normalized spacial score (nSPS) is 17.0. The molecule has 0 aliphatic carbocycles. The zero-order valence-corrected chi connectivity index (χ0v) is 16.3. The summed E-state index contributed by atoms with van der Waals surface area (Å²) < 4.78 is 15.5. The van der Waals surface area contributed by atoms with Crippen molar-refractivity contribution in [2.75, 3.05) is 6.61 Å². The lowest BCUT2D eigenvalue weighted by molar-refractivity contribution is -0.140. The number of nitrogens with zero attached hydrogens (tertiary/aromatic N) is 1. The van der Waals surface area contributed by atoms with E-state index in [1.54, 1.807) is 42.5 Å². The van der Waals surface area contributed by atoms with Gasteiger partial charge in [0.2, 0.25) is 6.10 Å². The fourth-order valence-corrected chi connectivity index (χ4v) is 3.04. The Morgan fingerprint density at radius 1 is 1.07 bits per heavy atom. The van der Waals surface area contributed by atoms with Crippen molar-refractivity contribution in [3.63, 3.8) is 0 Å². The molecule has 3 rings (SSSR count). The van der Waals surface area contributed by atoms with Crippen molar-refractivity contribution in [3.05, 3.63) is 71.8 Å². The molecule has 0 aromatic heterocycles. The Morgan fingerprint density at radius 3 is 2.31 bits per heavy atom.